The fraction of sp³-hybridized carbons (Fsp3) is 0. The Morgan fingerprint density at radius 1 is 0.731 bits per heavy atom. The van der Waals surface area contributed by atoms with Gasteiger partial charge in [0, 0.05) is 44.3 Å². The summed E-state index contributed by atoms with van der Waals surface area (Å²) < 4.78 is 0.903. The monoisotopic (exact) mass is 405 g/mol. The lowest BCUT2D eigenvalue weighted by atomic mass is 9.95. The van der Waals surface area contributed by atoms with Gasteiger partial charge in [0.1, 0.15) is 0 Å². The van der Waals surface area contributed by atoms with E-state index >= 15 is 0 Å². The number of hydrogen-bond donors (Lipinski definition) is 3. The second-order valence-electron chi connectivity index (χ2n) is 6.15. The number of H-pyrrole nitrogens is 2. The van der Waals surface area contributed by atoms with Crippen molar-refractivity contribution in [3.63, 3.8) is 0 Å². The van der Waals surface area contributed by atoms with E-state index in [1.807, 2.05) is 42.5 Å². The van der Waals surface area contributed by atoms with Crippen molar-refractivity contribution in [2.75, 3.05) is 0 Å². The normalized spacial score (nSPS) is 14.7. The average Bonchev–Trinajstić information content (AvgIpc) is 3.30. The fourth-order valence-electron chi connectivity index (χ4n) is 3.57. The number of para-hydroxylation sites is 2. The number of benzene rings is 2. The number of carbonyl (C=O) groups is 2. The molecule has 0 aliphatic carbocycles. The lowest BCUT2D eigenvalue weighted by Gasteiger charge is -2.03. The summed E-state index contributed by atoms with van der Waals surface area (Å²) in [5.74, 6) is -0.754. The highest BCUT2D eigenvalue weighted by atomic mass is 79.9. The van der Waals surface area contributed by atoms with Gasteiger partial charge >= 0.3 is 0 Å². The first-order chi connectivity index (χ1) is 12.6. The highest BCUT2D eigenvalue weighted by Crippen LogP contribution is 2.38. The van der Waals surface area contributed by atoms with Crippen molar-refractivity contribution < 1.29 is 9.59 Å². The molecule has 3 N–H and O–H groups in total. The molecular formula is C20H12BrN3O2. The largest absolute Gasteiger partial charge is 0.361 e. The van der Waals surface area contributed by atoms with E-state index < -0.39 is 0 Å². The molecule has 0 bridgehead atoms. The van der Waals surface area contributed by atoms with Crippen molar-refractivity contribution in [1.29, 1.82) is 0 Å². The minimum atomic E-state index is -0.379. The molecule has 0 unspecified atom stereocenters. The zero-order valence-corrected chi connectivity index (χ0v) is 15.0. The summed E-state index contributed by atoms with van der Waals surface area (Å²) >= 11 is 3.51. The molecule has 2 aromatic heterocycles. The third-order valence-electron chi connectivity index (χ3n) is 4.72. The Morgan fingerprint density at radius 3 is 2.19 bits per heavy atom. The van der Waals surface area contributed by atoms with Crippen molar-refractivity contribution in [2.24, 2.45) is 0 Å². The van der Waals surface area contributed by atoms with Crippen molar-refractivity contribution in [3.8, 4) is 0 Å². The van der Waals surface area contributed by atoms with Crippen LogP contribution < -0.4 is 5.32 Å². The first-order valence-electron chi connectivity index (χ1n) is 8.07. The van der Waals surface area contributed by atoms with Crippen molar-refractivity contribution in [3.05, 3.63) is 70.5 Å². The van der Waals surface area contributed by atoms with Gasteiger partial charge in [0.15, 0.2) is 0 Å². The zero-order chi connectivity index (χ0) is 17.8. The van der Waals surface area contributed by atoms with E-state index in [1.165, 1.54) is 0 Å². The first kappa shape index (κ1) is 15.2. The Bertz CT molecular complexity index is 1260. The molecule has 0 atom stereocenters. The topological polar surface area (TPSA) is 77.8 Å². The molecule has 1 aliphatic heterocycles. The molecule has 5 rings (SSSR count). The molecule has 0 saturated carbocycles. The molecule has 5 nitrogen and oxygen atoms in total. The Hall–Kier alpha value is -3.12. The minimum Gasteiger partial charge on any atom is -0.361 e. The van der Waals surface area contributed by atoms with Crippen molar-refractivity contribution >= 4 is 60.7 Å². The van der Waals surface area contributed by atoms with Gasteiger partial charge in [-0.3, -0.25) is 14.9 Å². The number of aromatic amines is 2. The van der Waals surface area contributed by atoms with Crippen LogP contribution in [0.4, 0.5) is 0 Å². The molecule has 26 heavy (non-hydrogen) atoms. The summed E-state index contributed by atoms with van der Waals surface area (Å²) in [5, 5.41) is 4.24. The second kappa shape index (κ2) is 5.44. The fourth-order valence-corrected chi connectivity index (χ4v) is 4.05. The van der Waals surface area contributed by atoms with E-state index in [-0.39, 0.29) is 11.8 Å². The molecule has 3 heterocycles. The van der Waals surface area contributed by atoms with E-state index in [4.69, 9.17) is 0 Å². The summed E-state index contributed by atoms with van der Waals surface area (Å²) in [6.45, 7) is 0. The van der Waals surface area contributed by atoms with Crippen LogP contribution in [0.25, 0.3) is 33.0 Å². The maximum absolute atomic E-state index is 12.6. The number of amides is 2. The quantitative estimate of drug-likeness (QED) is 0.441. The van der Waals surface area contributed by atoms with Gasteiger partial charge in [0.25, 0.3) is 11.8 Å². The van der Waals surface area contributed by atoms with Crippen LogP contribution in [0, 0.1) is 0 Å². The maximum Gasteiger partial charge on any atom is 0.259 e. The average molecular weight is 406 g/mol. The van der Waals surface area contributed by atoms with Gasteiger partial charge in [0.05, 0.1) is 16.7 Å². The highest BCUT2D eigenvalue weighted by Gasteiger charge is 2.34. The Labute approximate surface area is 156 Å². The zero-order valence-electron chi connectivity index (χ0n) is 13.4. The highest BCUT2D eigenvalue weighted by molar-refractivity contribution is 9.10. The standard InChI is InChI=1S/C20H12BrN3O2/c21-14-6-3-5-11-13(9-23-18(11)14)17-16(19(25)24-20(17)26)12-8-22-15-7-2-1-4-10(12)15/h1-9,22-23H,(H,24,25,26). The Kier molecular flexibility index (Phi) is 3.17. The van der Waals surface area contributed by atoms with Gasteiger partial charge in [-0.15, -0.1) is 0 Å². The summed E-state index contributed by atoms with van der Waals surface area (Å²) in [6.07, 6.45) is 3.56. The number of carbonyl (C=O) groups excluding carboxylic acids is 2. The lowest BCUT2D eigenvalue weighted by Crippen LogP contribution is -2.22. The first-order valence-corrected chi connectivity index (χ1v) is 8.87. The minimum absolute atomic E-state index is 0.376. The number of hydrogen-bond acceptors (Lipinski definition) is 2. The van der Waals surface area contributed by atoms with Crippen LogP contribution in [0.15, 0.2) is 59.3 Å². The summed E-state index contributed by atoms with van der Waals surface area (Å²) in [4.78, 5) is 31.6. The number of imide groups is 1. The van der Waals surface area contributed by atoms with Crippen LogP contribution in [0.3, 0.4) is 0 Å². The summed E-state index contributed by atoms with van der Waals surface area (Å²) in [6, 6.07) is 13.5. The predicted molar refractivity (Wildman–Crippen MR) is 104 cm³/mol. The van der Waals surface area contributed by atoms with Crippen LogP contribution in [-0.4, -0.2) is 21.8 Å². The molecule has 126 valence electrons. The lowest BCUT2D eigenvalue weighted by molar-refractivity contribution is -0.122. The smallest absolute Gasteiger partial charge is 0.259 e. The van der Waals surface area contributed by atoms with E-state index in [2.05, 4.69) is 31.2 Å². The second-order valence-corrected chi connectivity index (χ2v) is 7.00. The maximum atomic E-state index is 12.6. The van der Waals surface area contributed by atoms with Gasteiger partial charge in [0.2, 0.25) is 0 Å². The van der Waals surface area contributed by atoms with Gasteiger partial charge in [-0.1, -0.05) is 30.3 Å². The third-order valence-corrected chi connectivity index (χ3v) is 5.38. The van der Waals surface area contributed by atoms with Crippen molar-refractivity contribution in [2.45, 2.75) is 0 Å². The predicted octanol–water partition coefficient (Wildman–Crippen LogP) is 3.98. The van der Waals surface area contributed by atoms with Gasteiger partial charge in [-0.05, 0) is 28.1 Å². The number of nitrogens with one attached hydrogen (secondary N) is 3. The van der Waals surface area contributed by atoms with Gasteiger partial charge in [-0.2, -0.15) is 0 Å². The SMILES string of the molecule is O=C1NC(=O)C(c2c[nH]c3c(Br)cccc23)=C1c1c[nH]c2ccccc12. The van der Waals surface area contributed by atoms with Crippen LogP contribution in [0.1, 0.15) is 11.1 Å². The molecule has 6 heteroatoms. The van der Waals surface area contributed by atoms with E-state index in [1.54, 1.807) is 12.4 Å². The van der Waals surface area contributed by atoms with Crippen LogP contribution in [-0.2, 0) is 9.59 Å². The molecule has 0 fully saturated rings. The Balaban J connectivity index is 1.85. The number of aromatic nitrogens is 2. The van der Waals surface area contributed by atoms with E-state index in [9.17, 15) is 9.59 Å². The Morgan fingerprint density at radius 2 is 1.38 bits per heavy atom. The molecule has 1 aliphatic rings. The number of halogens is 1. The van der Waals surface area contributed by atoms with E-state index in [0.717, 1.165) is 31.8 Å². The molecule has 0 spiro atoms. The van der Waals surface area contributed by atoms with Crippen LogP contribution in [0.5, 0.6) is 0 Å². The van der Waals surface area contributed by atoms with Gasteiger partial charge in [-0.25, -0.2) is 0 Å². The molecule has 2 amide bonds. The van der Waals surface area contributed by atoms with Gasteiger partial charge < -0.3 is 9.97 Å². The van der Waals surface area contributed by atoms with Crippen molar-refractivity contribution in [1.82, 2.24) is 15.3 Å². The molecular weight excluding hydrogens is 394 g/mol. The molecule has 0 saturated heterocycles. The summed E-state index contributed by atoms with van der Waals surface area (Å²) in [5.41, 5.74) is 4.04. The molecule has 4 aromatic rings. The number of rotatable bonds is 2. The van der Waals surface area contributed by atoms with Crippen LogP contribution >= 0.6 is 15.9 Å². The van der Waals surface area contributed by atoms with Crippen LogP contribution in [0.2, 0.25) is 0 Å². The molecule has 2 aromatic carbocycles. The molecule has 0 radical (unpaired) electrons. The van der Waals surface area contributed by atoms with E-state index in [0.29, 0.717) is 16.7 Å². The third kappa shape index (κ3) is 2.02. The summed E-state index contributed by atoms with van der Waals surface area (Å²) in [7, 11) is 0. The number of fused-ring (bicyclic) bond motifs is 2.